The summed E-state index contributed by atoms with van der Waals surface area (Å²) in [5.41, 5.74) is 0.563. The Labute approximate surface area is 146 Å². The maximum atomic E-state index is 12.6. The van der Waals surface area contributed by atoms with Gasteiger partial charge in [-0.1, -0.05) is 0 Å². The number of thioether (sulfide) groups is 1. The average Bonchev–Trinajstić information content (AvgIpc) is 3.25. The van der Waals surface area contributed by atoms with Crippen LogP contribution in [0, 0.1) is 0 Å². The number of rotatable bonds is 3. The number of fused-ring (bicyclic) bond motifs is 2. The van der Waals surface area contributed by atoms with Gasteiger partial charge in [-0.3, -0.25) is 4.79 Å². The molecule has 0 N–H and O–H groups in total. The fourth-order valence-corrected chi connectivity index (χ4v) is 6.36. The van der Waals surface area contributed by atoms with Gasteiger partial charge in [0.05, 0.1) is 18.1 Å². The molecule has 2 unspecified atom stereocenters. The first-order chi connectivity index (χ1) is 11.6. The molecule has 24 heavy (non-hydrogen) atoms. The zero-order valence-electron chi connectivity index (χ0n) is 13.3. The number of benzene rings is 1. The molecule has 2 atom stereocenters. The van der Waals surface area contributed by atoms with E-state index in [4.69, 9.17) is 4.74 Å². The third kappa shape index (κ3) is 2.85. The molecule has 4 rings (SSSR count). The maximum Gasteiger partial charge on any atom is 0.254 e. The highest BCUT2D eigenvalue weighted by atomic mass is 32.2. The van der Waals surface area contributed by atoms with Gasteiger partial charge in [0.1, 0.15) is 0 Å². The van der Waals surface area contributed by atoms with Crippen molar-refractivity contribution in [3.63, 3.8) is 0 Å². The van der Waals surface area contributed by atoms with E-state index in [9.17, 15) is 13.2 Å². The van der Waals surface area contributed by atoms with E-state index in [1.165, 1.54) is 4.31 Å². The van der Waals surface area contributed by atoms with Crippen molar-refractivity contribution in [1.29, 1.82) is 0 Å². The first kappa shape index (κ1) is 16.4. The van der Waals surface area contributed by atoms with Crippen molar-refractivity contribution in [3.8, 4) is 0 Å². The van der Waals surface area contributed by atoms with Crippen LogP contribution in [0.5, 0.6) is 0 Å². The highest BCUT2D eigenvalue weighted by Gasteiger charge is 2.41. The summed E-state index contributed by atoms with van der Waals surface area (Å²) in [6.45, 7) is 2.40. The number of morpholine rings is 1. The Bertz CT molecular complexity index is 729. The third-order valence-electron chi connectivity index (χ3n) is 4.87. The summed E-state index contributed by atoms with van der Waals surface area (Å²) in [7, 11) is -3.51. The second-order valence-corrected chi connectivity index (χ2v) is 9.61. The van der Waals surface area contributed by atoms with Gasteiger partial charge in [0, 0.05) is 42.2 Å². The van der Waals surface area contributed by atoms with Gasteiger partial charge in [-0.2, -0.15) is 16.1 Å². The van der Waals surface area contributed by atoms with Gasteiger partial charge in [0.2, 0.25) is 10.0 Å². The molecule has 3 aliphatic rings. The van der Waals surface area contributed by atoms with Crippen LogP contribution < -0.4 is 0 Å². The SMILES string of the molecule is O=C(c1ccc(S(=O)(=O)N2CCOCC2)cc1)N1CC2CC1CS2. The van der Waals surface area contributed by atoms with Crippen LogP contribution in [0.3, 0.4) is 0 Å². The molecule has 0 spiro atoms. The van der Waals surface area contributed by atoms with Crippen molar-refractivity contribution < 1.29 is 17.9 Å². The molecule has 2 bridgehead atoms. The first-order valence-corrected chi connectivity index (χ1v) is 10.6. The van der Waals surface area contributed by atoms with Crippen molar-refractivity contribution in [3.05, 3.63) is 29.8 Å². The number of hydrogen-bond acceptors (Lipinski definition) is 5. The summed E-state index contributed by atoms with van der Waals surface area (Å²) >= 11 is 1.94. The molecule has 3 fully saturated rings. The van der Waals surface area contributed by atoms with Crippen molar-refractivity contribution in [2.75, 3.05) is 38.6 Å². The number of amides is 1. The van der Waals surface area contributed by atoms with E-state index >= 15 is 0 Å². The lowest BCUT2D eigenvalue weighted by molar-refractivity contribution is 0.0730. The second-order valence-electron chi connectivity index (χ2n) is 6.34. The highest BCUT2D eigenvalue weighted by molar-refractivity contribution is 8.00. The Morgan fingerprint density at radius 2 is 1.88 bits per heavy atom. The van der Waals surface area contributed by atoms with E-state index in [1.807, 2.05) is 16.7 Å². The molecule has 3 aliphatic heterocycles. The van der Waals surface area contributed by atoms with Crippen molar-refractivity contribution in [1.82, 2.24) is 9.21 Å². The molecule has 0 saturated carbocycles. The number of nitrogens with zero attached hydrogens (tertiary/aromatic N) is 2. The van der Waals surface area contributed by atoms with Crippen LogP contribution in [-0.2, 0) is 14.8 Å². The summed E-state index contributed by atoms with van der Waals surface area (Å²) in [5, 5.41) is 0.569. The number of ether oxygens (including phenoxy) is 1. The van der Waals surface area contributed by atoms with Crippen molar-refractivity contribution >= 4 is 27.7 Å². The lowest BCUT2D eigenvalue weighted by Gasteiger charge is -2.27. The number of carbonyl (C=O) groups excluding carboxylic acids is 1. The summed E-state index contributed by atoms with van der Waals surface area (Å²) in [6.07, 6.45) is 1.08. The molecule has 0 radical (unpaired) electrons. The summed E-state index contributed by atoms with van der Waals surface area (Å²) in [4.78, 5) is 14.8. The lowest BCUT2D eigenvalue weighted by atomic mass is 10.2. The van der Waals surface area contributed by atoms with Crippen LogP contribution in [0.2, 0.25) is 0 Å². The van der Waals surface area contributed by atoms with Crippen LogP contribution in [0.4, 0.5) is 0 Å². The van der Waals surface area contributed by atoms with Gasteiger partial charge < -0.3 is 9.64 Å². The monoisotopic (exact) mass is 368 g/mol. The molecule has 0 aromatic heterocycles. The summed E-state index contributed by atoms with van der Waals surface area (Å²) in [6, 6.07) is 6.69. The number of carbonyl (C=O) groups is 1. The van der Waals surface area contributed by atoms with Gasteiger partial charge >= 0.3 is 0 Å². The van der Waals surface area contributed by atoms with E-state index in [0.717, 1.165) is 18.7 Å². The van der Waals surface area contributed by atoms with Crippen LogP contribution >= 0.6 is 11.8 Å². The average molecular weight is 368 g/mol. The Morgan fingerprint density at radius 3 is 2.46 bits per heavy atom. The fourth-order valence-electron chi connectivity index (χ4n) is 3.52. The molecule has 1 amide bonds. The summed E-state index contributed by atoms with van der Waals surface area (Å²) in [5.74, 6) is 1.03. The van der Waals surface area contributed by atoms with E-state index in [-0.39, 0.29) is 10.8 Å². The van der Waals surface area contributed by atoms with Crippen LogP contribution in [-0.4, -0.2) is 73.4 Å². The van der Waals surface area contributed by atoms with E-state index in [1.54, 1.807) is 24.3 Å². The van der Waals surface area contributed by atoms with Gasteiger partial charge in [-0.25, -0.2) is 8.42 Å². The third-order valence-corrected chi connectivity index (χ3v) is 8.17. The van der Waals surface area contributed by atoms with E-state index in [2.05, 4.69) is 0 Å². The van der Waals surface area contributed by atoms with Gasteiger partial charge in [0.25, 0.3) is 5.91 Å². The van der Waals surface area contributed by atoms with Gasteiger partial charge in [0.15, 0.2) is 0 Å². The molecule has 8 heteroatoms. The van der Waals surface area contributed by atoms with Gasteiger partial charge in [-0.15, -0.1) is 0 Å². The summed E-state index contributed by atoms with van der Waals surface area (Å²) < 4.78 is 31.8. The molecule has 1 aromatic rings. The first-order valence-electron chi connectivity index (χ1n) is 8.16. The zero-order valence-corrected chi connectivity index (χ0v) is 14.9. The van der Waals surface area contributed by atoms with E-state index in [0.29, 0.717) is 43.2 Å². The Hall–Kier alpha value is -1.09. The molecule has 130 valence electrons. The van der Waals surface area contributed by atoms with Crippen molar-refractivity contribution in [2.45, 2.75) is 22.6 Å². The maximum absolute atomic E-state index is 12.6. The van der Waals surface area contributed by atoms with Crippen LogP contribution in [0.15, 0.2) is 29.2 Å². The van der Waals surface area contributed by atoms with Crippen LogP contribution in [0.25, 0.3) is 0 Å². The van der Waals surface area contributed by atoms with Gasteiger partial charge in [-0.05, 0) is 30.7 Å². The molecule has 3 saturated heterocycles. The standard InChI is InChI=1S/C16H20N2O4S2/c19-16(18-10-14-9-13(18)11-23-14)12-1-3-15(4-2-12)24(20,21)17-5-7-22-8-6-17/h1-4,13-14H,5-11H2. The Balaban J connectivity index is 1.51. The number of sulfonamides is 1. The molecule has 3 heterocycles. The minimum atomic E-state index is -3.51. The second kappa shape index (κ2) is 6.33. The minimum absolute atomic E-state index is 0.0121. The lowest BCUT2D eigenvalue weighted by Crippen LogP contribution is -2.40. The van der Waals surface area contributed by atoms with Crippen molar-refractivity contribution in [2.24, 2.45) is 0 Å². The fraction of sp³-hybridized carbons (Fsp3) is 0.562. The van der Waals surface area contributed by atoms with Crippen LogP contribution in [0.1, 0.15) is 16.8 Å². The minimum Gasteiger partial charge on any atom is -0.379 e. The normalized spacial score (nSPS) is 27.6. The zero-order chi connectivity index (χ0) is 16.7. The molecule has 1 aromatic carbocycles. The largest absolute Gasteiger partial charge is 0.379 e. The number of hydrogen-bond donors (Lipinski definition) is 0. The Morgan fingerprint density at radius 1 is 1.17 bits per heavy atom. The topological polar surface area (TPSA) is 66.9 Å². The predicted octanol–water partition coefficient (Wildman–Crippen LogP) is 1.04. The number of likely N-dealkylation sites (tertiary alicyclic amines) is 1. The quantitative estimate of drug-likeness (QED) is 0.797. The predicted molar refractivity (Wildman–Crippen MR) is 91.7 cm³/mol. The molecular weight excluding hydrogens is 348 g/mol. The molecular formula is C16H20N2O4S2. The van der Waals surface area contributed by atoms with E-state index < -0.39 is 10.0 Å². The Kier molecular flexibility index (Phi) is 4.32. The highest BCUT2D eigenvalue weighted by Crippen LogP contribution is 2.38. The smallest absolute Gasteiger partial charge is 0.254 e. The molecule has 6 nitrogen and oxygen atoms in total. The molecule has 0 aliphatic carbocycles.